The van der Waals surface area contributed by atoms with Crippen LogP contribution in [-0.2, 0) is 11.3 Å². The molecule has 1 rings (SSSR count). The Morgan fingerprint density at radius 2 is 1.78 bits per heavy atom. The fraction of sp³-hybridized carbons (Fsp3) is 0.533. The molecule has 0 aromatic heterocycles. The molecule has 0 saturated carbocycles. The topological polar surface area (TPSA) is 49.3 Å². The summed E-state index contributed by atoms with van der Waals surface area (Å²) in [5.74, 6) is -0.740. The highest BCUT2D eigenvalue weighted by atomic mass is 16.4. The molecule has 18 heavy (non-hydrogen) atoms. The molecule has 2 N–H and O–H groups in total. The van der Waals surface area contributed by atoms with Gasteiger partial charge in [-0.15, -0.1) is 0 Å². The molecule has 0 aliphatic carbocycles. The number of hydrogen-bond donors (Lipinski definition) is 2. The highest BCUT2D eigenvalue weighted by molar-refractivity contribution is 5.73. The van der Waals surface area contributed by atoms with E-state index >= 15 is 0 Å². The maximum Gasteiger partial charge on any atom is 0.309 e. The minimum atomic E-state index is -0.740. The Morgan fingerprint density at radius 3 is 2.28 bits per heavy atom. The molecule has 1 aromatic carbocycles. The molecule has 0 bridgehead atoms. The summed E-state index contributed by atoms with van der Waals surface area (Å²) in [4.78, 5) is 10.9. The molecule has 0 aliphatic rings. The standard InChI is InChI=1S/C15H23NO2/c1-11-7-12(2)9-13(8-11)10-16-6-5-15(3,4)14(17)18/h7-9,16H,5-6,10H2,1-4H3,(H,17,18). The summed E-state index contributed by atoms with van der Waals surface area (Å²) < 4.78 is 0. The number of nitrogens with one attached hydrogen (secondary N) is 1. The third-order valence-electron chi connectivity index (χ3n) is 3.12. The molecule has 0 spiro atoms. The molecular weight excluding hydrogens is 226 g/mol. The van der Waals surface area contributed by atoms with Crippen LogP contribution in [-0.4, -0.2) is 17.6 Å². The Kier molecular flexibility index (Phi) is 4.91. The maximum absolute atomic E-state index is 10.9. The predicted molar refractivity (Wildman–Crippen MR) is 73.7 cm³/mol. The minimum absolute atomic E-state index is 0.632. The normalized spacial score (nSPS) is 11.6. The van der Waals surface area contributed by atoms with Crippen LogP contribution in [0.3, 0.4) is 0 Å². The van der Waals surface area contributed by atoms with E-state index in [4.69, 9.17) is 5.11 Å². The SMILES string of the molecule is Cc1cc(C)cc(CNCCC(C)(C)C(=O)O)c1. The first-order chi connectivity index (χ1) is 8.31. The fourth-order valence-corrected chi connectivity index (χ4v) is 1.91. The number of rotatable bonds is 6. The van der Waals surface area contributed by atoms with Crippen molar-refractivity contribution in [2.45, 2.75) is 40.7 Å². The van der Waals surface area contributed by atoms with Crippen molar-refractivity contribution in [2.24, 2.45) is 5.41 Å². The molecule has 0 unspecified atom stereocenters. The van der Waals surface area contributed by atoms with Gasteiger partial charge in [0.05, 0.1) is 5.41 Å². The summed E-state index contributed by atoms with van der Waals surface area (Å²) in [6.45, 7) is 9.19. The lowest BCUT2D eigenvalue weighted by Crippen LogP contribution is -2.28. The van der Waals surface area contributed by atoms with Gasteiger partial charge in [-0.1, -0.05) is 29.3 Å². The summed E-state index contributed by atoms with van der Waals surface area (Å²) >= 11 is 0. The van der Waals surface area contributed by atoms with Crippen molar-refractivity contribution in [1.29, 1.82) is 0 Å². The molecule has 1 aromatic rings. The third-order valence-corrected chi connectivity index (χ3v) is 3.12. The Bertz CT molecular complexity index is 404. The van der Waals surface area contributed by atoms with E-state index in [9.17, 15) is 4.79 Å². The Morgan fingerprint density at radius 1 is 1.22 bits per heavy atom. The molecule has 0 saturated heterocycles. The fourth-order valence-electron chi connectivity index (χ4n) is 1.91. The number of hydrogen-bond acceptors (Lipinski definition) is 2. The Balaban J connectivity index is 2.40. The van der Waals surface area contributed by atoms with Crippen molar-refractivity contribution in [2.75, 3.05) is 6.54 Å². The van der Waals surface area contributed by atoms with Crippen LogP contribution in [0, 0.1) is 19.3 Å². The first-order valence-electron chi connectivity index (χ1n) is 6.32. The average Bonchev–Trinajstić information content (AvgIpc) is 2.23. The van der Waals surface area contributed by atoms with E-state index in [2.05, 4.69) is 37.4 Å². The van der Waals surface area contributed by atoms with E-state index in [0.717, 1.165) is 6.54 Å². The zero-order chi connectivity index (χ0) is 13.8. The number of aliphatic carboxylic acids is 1. The van der Waals surface area contributed by atoms with Crippen LogP contribution in [0.2, 0.25) is 0 Å². The number of aryl methyl sites for hydroxylation is 2. The molecular formula is C15H23NO2. The second-order valence-electron chi connectivity index (χ2n) is 5.61. The van der Waals surface area contributed by atoms with Crippen molar-refractivity contribution in [3.05, 3.63) is 34.9 Å². The molecule has 0 aliphatic heterocycles. The average molecular weight is 249 g/mol. The number of benzene rings is 1. The van der Waals surface area contributed by atoms with Gasteiger partial charge in [-0.3, -0.25) is 4.79 Å². The summed E-state index contributed by atoms with van der Waals surface area (Å²) in [5.41, 5.74) is 3.12. The van der Waals surface area contributed by atoms with Gasteiger partial charge in [-0.05, 0) is 46.2 Å². The largest absolute Gasteiger partial charge is 0.481 e. The van der Waals surface area contributed by atoms with Crippen molar-refractivity contribution in [1.82, 2.24) is 5.32 Å². The highest BCUT2D eigenvalue weighted by Gasteiger charge is 2.25. The van der Waals surface area contributed by atoms with Gasteiger partial charge in [0.25, 0.3) is 0 Å². The van der Waals surface area contributed by atoms with E-state index < -0.39 is 11.4 Å². The van der Waals surface area contributed by atoms with E-state index in [1.54, 1.807) is 13.8 Å². The van der Waals surface area contributed by atoms with Crippen LogP contribution >= 0.6 is 0 Å². The van der Waals surface area contributed by atoms with Gasteiger partial charge in [0.1, 0.15) is 0 Å². The number of carboxylic acids is 1. The van der Waals surface area contributed by atoms with E-state index in [1.807, 2.05) is 0 Å². The summed E-state index contributed by atoms with van der Waals surface area (Å²) in [6.07, 6.45) is 0.632. The zero-order valence-electron chi connectivity index (χ0n) is 11.7. The van der Waals surface area contributed by atoms with Gasteiger partial charge in [-0.25, -0.2) is 0 Å². The minimum Gasteiger partial charge on any atom is -0.481 e. The number of carbonyl (C=O) groups is 1. The molecule has 100 valence electrons. The summed E-state index contributed by atoms with van der Waals surface area (Å²) in [7, 11) is 0. The van der Waals surface area contributed by atoms with Crippen molar-refractivity contribution < 1.29 is 9.90 Å². The van der Waals surface area contributed by atoms with Gasteiger partial charge >= 0.3 is 5.97 Å². The molecule has 0 radical (unpaired) electrons. The second kappa shape index (κ2) is 6.01. The first kappa shape index (κ1) is 14.7. The third kappa shape index (κ3) is 4.49. The highest BCUT2D eigenvalue weighted by Crippen LogP contribution is 2.19. The van der Waals surface area contributed by atoms with E-state index in [-0.39, 0.29) is 0 Å². The van der Waals surface area contributed by atoms with Crippen LogP contribution in [0.4, 0.5) is 0 Å². The second-order valence-corrected chi connectivity index (χ2v) is 5.61. The van der Waals surface area contributed by atoms with Crippen LogP contribution < -0.4 is 5.32 Å². The zero-order valence-corrected chi connectivity index (χ0v) is 11.7. The summed E-state index contributed by atoms with van der Waals surface area (Å²) in [5, 5.41) is 12.3. The lowest BCUT2D eigenvalue weighted by molar-refractivity contribution is -0.147. The van der Waals surface area contributed by atoms with Gasteiger partial charge < -0.3 is 10.4 Å². The smallest absolute Gasteiger partial charge is 0.309 e. The summed E-state index contributed by atoms with van der Waals surface area (Å²) in [6, 6.07) is 6.46. The maximum atomic E-state index is 10.9. The molecule has 0 amide bonds. The van der Waals surface area contributed by atoms with Crippen LogP contribution in [0.1, 0.15) is 37.0 Å². The van der Waals surface area contributed by atoms with E-state index in [0.29, 0.717) is 13.0 Å². The van der Waals surface area contributed by atoms with E-state index in [1.165, 1.54) is 16.7 Å². The van der Waals surface area contributed by atoms with Crippen LogP contribution in [0.5, 0.6) is 0 Å². The monoisotopic (exact) mass is 249 g/mol. The quantitative estimate of drug-likeness (QED) is 0.762. The van der Waals surface area contributed by atoms with Crippen LogP contribution in [0.15, 0.2) is 18.2 Å². The van der Waals surface area contributed by atoms with Gasteiger partial charge in [0.2, 0.25) is 0 Å². The van der Waals surface area contributed by atoms with Crippen molar-refractivity contribution in [3.8, 4) is 0 Å². The molecule has 0 fully saturated rings. The van der Waals surface area contributed by atoms with Gasteiger partial charge in [0, 0.05) is 6.54 Å². The molecule has 0 heterocycles. The predicted octanol–water partition coefficient (Wildman–Crippen LogP) is 2.89. The lowest BCUT2D eigenvalue weighted by atomic mass is 9.90. The van der Waals surface area contributed by atoms with Crippen molar-refractivity contribution >= 4 is 5.97 Å². The van der Waals surface area contributed by atoms with Gasteiger partial charge in [0.15, 0.2) is 0 Å². The Hall–Kier alpha value is -1.35. The molecule has 3 heteroatoms. The van der Waals surface area contributed by atoms with Crippen molar-refractivity contribution in [3.63, 3.8) is 0 Å². The van der Waals surface area contributed by atoms with Gasteiger partial charge in [-0.2, -0.15) is 0 Å². The first-order valence-corrected chi connectivity index (χ1v) is 6.32. The molecule has 0 atom stereocenters. The molecule has 3 nitrogen and oxygen atoms in total. The van der Waals surface area contributed by atoms with Crippen LogP contribution in [0.25, 0.3) is 0 Å². The lowest BCUT2D eigenvalue weighted by Gasteiger charge is -2.19. The Labute approximate surface area is 109 Å². The number of carboxylic acid groups (broad SMARTS) is 1.